The second kappa shape index (κ2) is 7.53. The number of pyridine rings is 1. The van der Waals surface area contributed by atoms with Crippen molar-refractivity contribution in [1.82, 2.24) is 14.7 Å². The van der Waals surface area contributed by atoms with Crippen LogP contribution in [0, 0.1) is 6.92 Å². The van der Waals surface area contributed by atoms with Gasteiger partial charge in [-0.3, -0.25) is 9.59 Å². The third kappa shape index (κ3) is 4.18. The predicted molar refractivity (Wildman–Crippen MR) is 96.2 cm³/mol. The highest BCUT2D eigenvalue weighted by molar-refractivity contribution is 6.30. The molecule has 3 rings (SSSR count). The molecule has 26 heavy (non-hydrogen) atoms. The number of amides is 1. The van der Waals surface area contributed by atoms with E-state index >= 15 is 0 Å². The highest BCUT2D eigenvalue weighted by Crippen LogP contribution is 2.11. The van der Waals surface area contributed by atoms with E-state index in [1.807, 2.05) is 24.3 Å². The summed E-state index contributed by atoms with van der Waals surface area (Å²) in [6.45, 7) is 1.70. The minimum absolute atomic E-state index is 0.0781. The molecule has 0 aliphatic rings. The number of aromatic nitrogens is 3. The van der Waals surface area contributed by atoms with Crippen molar-refractivity contribution in [3.63, 3.8) is 0 Å². The van der Waals surface area contributed by atoms with Gasteiger partial charge in [-0.25, -0.2) is 0 Å². The highest BCUT2D eigenvalue weighted by atomic mass is 35.5. The van der Waals surface area contributed by atoms with E-state index in [1.165, 1.54) is 16.8 Å². The quantitative estimate of drug-likeness (QED) is 0.713. The molecule has 1 amide bonds. The van der Waals surface area contributed by atoms with Crippen molar-refractivity contribution in [2.75, 3.05) is 0 Å². The summed E-state index contributed by atoms with van der Waals surface area (Å²) >= 11 is 5.87. The number of hydrogen-bond donors (Lipinski definition) is 1. The summed E-state index contributed by atoms with van der Waals surface area (Å²) < 4.78 is 6.55. The third-order valence-corrected chi connectivity index (χ3v) is 4.17. The van der Waals surface area contributed by atoms with E-state index in [-0.39, 0.29) is 17.7 Å². The van der Waals surface area contributed by atoms with Crippen LogP contribution in [0.15, 0.2) is 45.8 Å². The maximum absolute atomic E-state index is 12.2. The maximum atomic E-state index is 12.2. The Morgan fingerprint density at radius 3 is 2.69 bits per heavy atom. The second-order valence-electron chi connectivity index (χ2n) is 5.94. The first-order chi connectivity index (χ1) is 12.4. The van der Waals surface area contributed by atoms with Gasteiger partial charge in [0.05, 0.1) is 5.56 Å². The molecule has 0 unspecified atom stereocenters. The van der Waals surface area contributed by atoms with Gasteiger partial charge in [0.2, 0.25) is 11.8 Å². The predicted octanol–water partition coefficient (Wildman–Crippen LogP) is 2.13. The number of halogens is 1. The van der Waals surface area contributed by atoms with Crippen LogP contribution >= 0.6 is 11.6 Å². The number of rotatable bonds is 6. The largest absolute Gasteiger partial charge is 0.366 e. The zero-order chi connectivity index (χ0) is 18.7. The summed E-state index contributed by atoms with van der Waals surface area (Å²) in [5, 5.41) is 4.62. The fraction of sp³-hybridized carbons (Fsp3) is 0.222. The molecule has 1 aromatic carbocycles. The molecule has 0 aliphatic carbocycles. The van der Waals surface area contributed by atoms with Crippen LogP contribution in [0.1, 0.15) is 33.2 Å². The zero-order valence-corrected chi connectivity index (χ0v) is 14.9. The van der Waals surface area contributed by atoms with Gasteiger partial charge in [0.1, 0.15) is 6.54 Å². The summed E-state index contributed by atoms with van der Waals surface area (Å²) in [4.78, 5) is 27.9. The summed E-state index contributed by atoms with van der Waals surface area (Å²) in [7, 11) is 0. The highest BCUT2D eigenvalue weighted by Gasteiger charge is 2.12. The Bertz CT molecular complexity index is 992. The van der Waals surface area contributed by atoms with E-state index in [4.69, 9.17) is 21.9 Å². The summed E-state index contributed by atoms with van der Waals surface area (Å²) in [5.74, 6) is 0.237. The standard InChI is InChI=1S/C18H17ClN4O3/c1-11-8-13(17(20)24)9-23(18(11)25)10-16-21-15(22-26-16)7-4-12-2-5-14(19)6-3-12/h2-3,5-6,8-9H,4,7,10H2,1H3,(H2,20,24). The number of carbonyl (C=O) groups excluding carboxylic acids is 1. The summed E-state index contributed by atoms with van der Waals surface area (Å²) in [6, 6.07) is 9.02. The number of nitrogens with zero attached hydrogens (tertiary/aromatic N) is 3. The molecule has 8 heteroatoms. The van der Waals surface area contributed by atoms with Crippen molar-refractivity contribution in [3.05, 3.63) is 80.3 Å². The molecule has 0 radical (unpaired) electrons. The zero-order valence-electron chi connectivity index (χ0n) is 14.1. The van der Waals surface area contributed by atoms with Gasteiger partial charge < -0.3 is 14.8 Å². The Balaban J connectivity index is 1.71. The number of aryl methyl sites for hydroxylation is 3. The summed E-state index contributed by atoms with van der Waals surface area (Å²) in [6.07, 6.45) is 2.74. The average Bonchev–Trinajstić information content (AvgIpc) is 3.05. The number of primary amides is 1. The molecule has 2 N–H and O–H groups in total. The van der Waals surface area contributed by atoms with E-state index in [2.05, 4.69) is 10.1 Å². The van der Waals surface area contributed by atoms with Gasteiger partial charge >= 0.3 is 0 Å². The molecule has 3 aromatic rings. The fourth-order valence-electron chi connectivity index (χ4n) is 2.55. The first-order valence-corrected chi connectivity index (χ1v) is 8.37. The van der Waals surface area contributed by atoms with E-state index in [0.717, 1.165) is 12.0 Å². The molecule has 134 valence electrons. The third-order valence-electron chi connectivity index (χ3n) is 3.92. The van der Waals surface area contributed by atoms with E-state index in [0.29, 0.717) is 28.7 Å². The lowest BCUT2D eigenvalue weighted by Crippen LogP contribution is -2.25. The normalized spacial score (nSPS) is 10.8. The molecule has 0 saturated heterocycles. The van der Waals surface area contributed by atoms with Gasteiger partial charge in [-0.15, -0.1) is 0 Å². The molecule has 0 spiro atoms. The Morgan fingerprint density at radius 1 is 1.27 bits per heavy atom. The average molecular weight is 373 g/mol. The molecular formula is C18H17ClN4O3. The number of benzene rings is 1. The van der Waals surface area contributed by atoms with E-state index in [1.54, 1.807) is 6.92 Å². The topological polar surface area (TPSA) is 104 Å². The molecule has 2 aromatic heterocycles. The molecule has 2 heterocycles. The first kappa shape index (κ1) is 17.9. The monoisotopic (exact) mass is 372 g/mol. The lowest BCUT2D eigenvalue weighted by molar-refractivity contribution is 0.0999. The van der Waals surface area contributed by atoms with Crippen LogP contribution in [-0.2, 0) is 19.4 Å². The minimum atomic E-state index is -0.601. The van der Waals surface area contributed by atoms with Crippen LogP contribution in [-0.4, -0.2) is 20.6 Å². The van der Waals surface area contributed by atoms with Gasteiger partial charge in [-0.2, -0.15) is 4.98 Å². The van der Waals surface area contributed by atoms with Crippen molar-refractivity contribution in [2.24, 2.45) is 5.73 Å². The SMILES string of the molecule is Cc1cc(C(N)=O)cn(Cc2nc(CCc3ccc(Cl)cc3)no2)c1=O. The molecule has 0 saturated carbocycles. The molecule has 0 fully saturated rings. The maximum Gasteiger partial charge on any atom is 0.253 e. The molecule has 7 nitrogen and oxygen atoms in total. The second-order valence-corrected chi connectivity index (χ2v) is 6.38. The molecule has 0 aliphatic heterocycles. The number of nitrogens with two attached hydrogens (primary N) is 1. The van der Waals surface area contributed by atoms with Crippen molar-refractivity contribution in [2.45, 2.75) is 26.3 Å². The van der Waals surface area contributed by atoms with Gasteiger partial charge in [0, 0.05) is 23.2 Å². The van der Waals surface area contributed by atoms with Gasteiger partial charge in [-0.05, 0) is 37.1 Å². The lowest BCUT2D eigenvalue weighted by Gasteiger charge is -2.06. The fourth-order valence-corrected chi connectivity index (χ4v) is 2.67. The van der Waals surface area contributed by atoms with Crippen molar-refractivity contribution >= 4 is 17.5 Å². The first-order valence-electron chi connectivity index (χ1n) is 7.99. The minimum Gasteiger partial charge on any atom is -0.366 e. The summed E-state index contributed by atoms with van der Waals surface area (Å²) in [5.41, 5.74) is 6.84. The van der Waals surface area contributed by atoms with Crippen LogP contribution in [0.4, 0.5) is 0 Å². The van der Waals surface area contributed by atoms with Crippen LogP contribution in [0.2, 0.25) is 5.02 Å². The van der Waals surface area contributed by atoms with Crippen LogP contribution < -0.4 is 11.3 Å². The Kier molecular flexibility index (Phi) is 5.18. The van der Waals surface area contributed by atoms with E-state index in [9.17, 15) is 9.59 Å². The van der Waals surface area contributed by atoms with Gasteiger partial charge in [0.15, 0.2) is 5.82 Å². The Labute approximate surface area is 154 Å². The van der Waals surface area contributed by atoms with Gasteiger partial charge in [0.25, 0.3) is 5.56 Å². The molecule has 0 bridgehead atoms. The number of hydrogen-bond acceptors (Lipinski definition) is 5. The van der Waals surface area contributed by atoms with Crippen LogP contribution in [0.3, 0.4) is 0 Å². The lowest BCUT2D eigenvalue weighted by atomic mass is 10.1. The van der Waals surface area contributed by atoms with Crippen molar-refractivity contribution < 1.29 is 9.32 Å². The smallest absolute Gasteiger partial charge is 0.253 e. The molecule has 0 atom stereocenters. The van der Waals surface area contributed by atoms with Crippen molar-refractivity contribution in [1.29, 1.82) is 0 Å². The Morgan fingerprint density at radius 2 is 2.00 bits per heavy atom. The Hall–Kier alpha value is -2.93. The van der Waals surface area contributed by atoms with Gasteiger partial charge in [-0.1, -0.05) is 28.9 Å². The van der Waals surface area contributed by atoms with Crippen molar-refractivity contribution in [3.8, 4) is 0 Å². The number of carbonyl (C=O) groups is 1. The van der Waals surface area contributed by atoms with Crippen LogP contribution in [0.25, 0.3) is 0 Å². The molecular weight excluding hydrogens is 356 g/mol. The van der Waals surface area contributed by atoms with Crippen LogP contribution in [0.5, 0.6) is 0 Å². The van der Waals surface area contributed by atoms with E-state index < -0.39 is 5.91 Å².